The zero-order valence-corrected chi connectivity index (χ0v) is 9.22. The van der Waals surface area contributed by atoms with Gasteiger partial charge in [-0.05, 0) is 6.42 Å². The molecule has 0 aromatic heterocycles. The average molecular weight is 225 g/mol. The summed E-state index contributed by atoms with van der Waals surface area (Å²) in [7, 11) is 1.55. The summed E-state index contributed by atoms with van der Waals surface area (Å²) in [6.45, 7) is 0.937. The predicted octanol–water partition coefficient (Wildman–Crippen LogP) is -0.812. The molecule has 0 bridgehead atoms. The molecule has 1 atom stereocenters. The first-order chi connectivity index (χ1) is 7.58. The number of hydrogen-bond acceptors (Lipinski definition) is 4. The predicted molar refractivity (Wildman–Crippen MR) is 56.6 cm³/mol. The third-order valence-electron chi connectivity index (χ3n) is 2.90. The number of hydrogen-bond donors (Lipinski definition) is 1. The van der Waals surface area contributed by atoms with Gasteiger partial charge in [-0.3, -0.25) is 9.59 Å². The summed E-state index contributed by atoms with van der Waals surface area (Å²) in [4.78, 5) is 24.7. The summed E-state index contributed by atoms with van der Waals surface area (Å²) in [5.74, 6) is -0.228. The van der Waals surface area contributed by atoms with Gasteiger partial charge in [-0.25, -0.2) is 5.01 Å². The fourth-order valence-electron chi connectivity index (χ4n) is 1.93. The summed E-state index contributed by atoms with van der Waals surface area (Å²) in [5, 5.41) is 14.5. The lowest BCUT2D eigenvalue weighted by Gasteiger charge is -2.22. The van der Waals surface area contributed by atoms with E-state index >= 15 is 0 Å². The minimum Gasteiger partial charge on any atom is -0.391 e. The molecule has 1 N–H and O–H groups in total. The number of carbonyl (C=O) groups excluding carboxylic acids is 2. The molecule has 0 unspecified atom stereocenters. The molecule has 2 aliphatic heterocycles. The van der Waals surface area contributed by atoms with E-state index in [1.165, 1.54) is 5.01 Å². The number of carbonyl (C=O) groups is 2. The number of amides is 2. The Labute approximate surface area is 93.5 Å². The lowest BCUT2D eigenvalue weighted by Crippen LogP contribution is -2.39. The highest BCUT2D eigenvalue weighted by atomic mass is 16.3. The summed E-state index contributed by atoms with van der Waals surface area (Å²) in [6, 6.07) is 0. The van der Waals surface area contributed by atoms with Gasteiger partial charge in [-0.1, -0.05) is 0 Å². The van der Waals surface area contributed by atoms with Crippen molar-refractivity contribution in [2.75, 3.05) is 20.1 Å². The van der Waals surface area contributed by atoms with Crippen molar-refractivity contribution in [3.63, 3.8) is 0 Å². The lowest BCUT2D eigenvalue weighted by molar-refractivity contribution is -0.130. The van der Waals surface area contributed by atoms with Crippen LogP contribution in [0.25, 0.3) is 0 Å². The van der Waals surface area contributed by atoms with Crippen LogP contribution in [-0.2, 0) is 9.59 Å². The molecule has 6 nitrogen and oxygen atoms in total. The van der Waals surface area contributed by atoms with Gasteiger partial charge in [0.05, 0.1) is 6.10 Å². The van der Waals surface area contributed by atoms with E-state index in [2.05, 4.69) is 5.10 Å². The number of rotatable bonds is 1. The Bertz CT molecular complexity index is 353. The first-order valence-electron chi connectivity index (χ1n) is 5.39. The fourth-order valence-corrected chi connectivity index (χ4v) is 1.93. The van der Waals surface area contributed by atoms with Crippen LogP contribution < -0.4 is 0 Å². The van der Waals surface area contributed by atoms with Crippen molar-refractivity contribution in [3.05, 3.63) is 0 Å². The molecule has 1 fully saturated rings. The summed E-state index contributed by atoms with van der Waals surface area (Å²) in [5.41, 5.74) is 0.413. The van der Waals surface area contributed by atoms with Gasteiger partial charge < -0.3 is 10.0 Å². The van der Waals surface area contributed by atoms with Crippen LogP contribution in [0.5, 0.6) is 0 Å². The van der Waals surface area contributed by atoms with Gasteiger partial charge in [0.25, 0.3) is 5.91 Å². The number of β-amino-alcohol motifs (C(OH)–C–C–N with tert-alkyl or cyclic N) is 1. The molecule has 0 aliphatic carbocycles. The number of aliphatic hydroxyl groups excluding tert-OH is 1. The van der Waals surface area contributed by atoms with Crippen molar-refractivity contribution in [1.29, 1.82) is 0 Å². The van der Waals surface area contributed by atoms with Crippen molar-refractivity contribution in [2.45, 2.75) is 25.4 Å². The normalized spacial score (nSPS) is 26.0. The smallest absolute Gasteiger partial charge is 0.270 e. The number of aliphatic hydroxyl groups is 1. The van der Waals surface area contributed by atoms with E-state index in [0.717, 1.165) is 0 Å². The van der Waals surface area contributed by atoms with Crippen LogP contribution in [0.3, 0.4) is 0 Å². The first-order valence-corrected chi connectivity index (χ1v) is 5.39. The van der Waals surface area contributed by atoms with E-state index in [1.54, 1.807) is 11.9 Å². The van der Waals surface area contributed by atoms with E-state index in [1.807, 2.05) is 0 Å². The van der Waals surface area contributed by atoms with Gasteiger partial charge in [-0.15, -0.1) is 0 Å². The molecule has 16 heavy (non-hydrogen) atoms. The maximum Gasteiger partial charge on any atom is 0.270 e. The molecular formula is C10H15N3O3. The highest BCUT2D eigenvalue weighted by Gasteiger charge is 2.30. The maximum absolute atomic E-state index is 11.9. The Hall–Kier alpha value is -1.43. The van der Waals surface area contributed by atoms with Crippen LogP contribution in [-0.4, -0.2) is 58.8 Å². The zero-order valence-electron chi connectivity index (χ0n) is 9.22. The topological polar surface area (TPSA) is 73.2 Å². The van der Waals surface area contributed by atoms with Gasteiger partial charge in [0.2, 0.25) is 5.91 Å². The van der Waals surface area contributed by atoms with Crippen molar-refractivity contribution >= 4 is 17.5 Å². The molecule has 2 amide bonds. The lowest BCUT2D eigenvalue weighted by atomic mass is 10.1. The van der Waals surface area contributed by atoms with Crippen LogP contribution in [0.2, 0.25) is 0 Å². The van der Waals surface area contributed by atoms with E-state index in [0.29, 0.717) is 38.1 Å². The molecule has 6 heteroatoms. The minimum atomic E-state index is -0.424. The van der Waals surface area contributed by atoms with E-state index in [-0.39, 0.29) is 11.8 Å². The molecular weight excluding hydrogens is 210 g/mol. The Balaban J connectivity index is 2.05. The first kappa shape index (κ1) is 11.1. The Morgan fingerprint density at radius 2 is 2.25 bits per heavy atom. The van der Waals surface area contributed by atoms with Gasteiger partial charge in [0.1, 0.15) is 5.71 Å². The quantitative estimate of drug-likeness (QED) is 0.634. The Morgan fingerprint density at radius 1 is 1.50 bits per heavy atom. The zero-order chi connectivity index (χ0) is 11.7. The van der Waals surface area contributed by atoms with Crippen LogP contribution in [0.15, 0.2) is 5.10 Å². The van der Waals surface area contributed by atoms with Crippen molar-refractivity contribution in [2.24, 2.45) is 5.10 Å². The molecule has 88 valence electrons. The van der Waals surface area contributed by atoms with Gasteiger partial charge in [0, 0.05) is 33.0 Å². The SMILES string of the molecule is CN1N=C(C(=O)N2CC[C@H](O)C2)CCC1=O. The second kappa shape index (κ2) is 4.21. The van der Waals surface area contributed by atoms with Crippen LogP contribution >= 0.6 is 0 Å². The van der Waals surface area contributed by atoms with Crippen molar-refractivity contribution < 1.29 is 14.7 Å². The van der Waals surface area contributed by atoms with Crippen LogP contribution in [0.1, 0.15) is 19.3 Å². The van der Waals surface area contributed by atoms with Gasteiger partial charge >= 0.3 is 0 Å². The van der Waals surface area contributed by atoms with E-state index in [9.17, 15) is 14.7 Å². The van der Waals surface area contributed by atoms with Gasteiger partial charge in [0.15, 0.2) is 0 Å². The molecule has 2 aliphatic rings. The third-order valence-corrected chi connectivity index (χ3v) is 2.90. The highest BCUT2D eigenvalue weighted by molar-refractivity contribution is 6.39. The average Bonchev–Trinajstić information content (AvgIpc) is 2.68. The maximum atomic E-state index is 11.9. The third kappa shape index (κ3) is 2.06. The largest absolute Gasteiger partial charge is 0.391 e. The Morgan fingerprint density at radius 3 is 2.81 bits per heavy atom. The number of nitrogens with zero attached hydrogens (tertiary/aromatic N) is 3. The van der Waals surface area contributed by atoms with Gasteiger partial charge in [-0.2, -0.15) is 5.10 Å². The van der Waals surface area contributed by atoms with Crippen LogP contribution in [0, 0.1) is 0 Å². The molecule has 1 saturated heterocycles. The summed E-state index contributed by atoms with van der Waals surface area (Å²) in [6.07, 6.45) is 0.923. The molecule has 0 aromatic carbocycles. The molecule has 0 radical (unpaired) electrons. The number of hydrazone groups is 1. The standard InChI is InChI=1S/C10H15N3O3/c1-12-9(15)3-2-8(11-12)10(16)13-5-4-7(14)6-13/h7,14H,2-6H2,1H3/t7-/m0/s1. The summed E-state index contributed by atoms with van der Waals surface area (Å²) >= 11 is 0. The minimum absolute atomic E-state index is 0.0713. The summed E-state index contributed by atoms with van der Waals surface area (Å²) < 4.78 is 0. The van der Waals surface area contributed by atoms with E-state index in [4.69, 9.17) is 0 Å². The Kier molecular flexibility index (Phi) is 2.91. The molecule has 0 aromatic rings. The van der Waals surface area contributed by atoms with Crippen molar-refractivity contribution in [3.8, 4) is 0 Å². The second-order valence-electron chi connectivity index (χ2n) is 4.16. The van der Waals surface area contributed by atoms with Crippen molar-refractivity contribution in [1.82, 2.24) is 9.91 Å². The second-order valence-corrected chi connectivity index (χ2v) is 4.16. The van der Waals surface area contributed by atoms with E-state index < -0.39 is 6.10 Å². The number of likely N-dealkylation sites (tertiary alicyclic amines) is 1. The fraction of sp³-hybridized carbons (Fsp3) is 0.700. The molecule has 0 saturated carbocycles. The monoisotopic (exact) mass is 225 g/mol. The highest BCUT2D eigenvalue weighted by Crippen LogP contribution is 2.13. The molecule has 0 spiro atoms. The molecule has 2 heterocycles. The molecule has 2 rings (SSSR count). The van der Waals surface area contributed by atoms with Crippen LogP contribution in [0.4, 0.5) is 0 Å².